The highest BCUT2D eigenvalue weighted by Crippen LogP contribution is 2.18. The van der Waals surface area contributed by atoms with Crippen LogP contribution in [0.1, 0.15) is 18.6 Å². The zero-order chi connectivity index (χ0) is 8.27. The summed E-state index contributed by atoms with van der Waals surface area (Å²) in [5.74, 6) is 3.60. The predicted octanol–water partition coefficient (Wildman–Crippen LogP) is 1.42. The van der Waals surface area contributed by atoms with Crippen LogP contribution in [0.25, 0.3) is 0 Å². The highest BCUT2D eigenvalue weighted by Gasteiger charge is 2.08. The van der Waals surface area contributed by atoms with Crippen molar-refractivity contribution in [1.82, 2.24) is 5.16 Å². The zero-order valence-corrected chi connectivity index (χ0v) is 6.50. The summed E-state index contributed by atoms with van der Waals surface area (Å²) >= 11 is 0. The average molecular weight is 151 g/mol. The van der Waals surface area contributed by atoms with Crippen LogP contribution in [-0.4, -0.2) is 12.3 Å². The molecule has 58 valence electrons. The molecule has 1 rings (SSSR count). The molecule has 1 heterocycles. The van der Waals surface area contributed by atoms with Crippen LogP contribution in [0.2, 0.25) is 0 Å². The van der Waals surface area contributed by atoms with Gasteiger partial charge in [0.25, 0.3) is 5.88 Å². The average Bonchev–Trinajstić information content (AvgIpc) is 2.50. The van der Waals surface area contributed by atoms with Gasteiger partial charge in [-0.2, -0.15) is 0 Å². The van der Waals surface area contributed by atoms with Gasteiger partial charge in [0.2, 0.25) is 0 Å². The fourth-order valence-corrected chi connectivity index (χ4v) is 0.654. The molecule has 0 spiro atoms. The molecule has 1 unspecified atom stereocenters. The number of methoxy groups -OCH3 is 1. The first-order chi connectivity index (χ1) is 5.27. The lowest BCUT2D eigenvalue weighted by atomic mass is 10.1. The van der Waals surface area contributed by atoms with Gasteiger partial charge >= 0.3 is 0 Å². The number of rotatable bonds is 2. The van der Waals surface area contributed by atoms with E-state index in [1.165, 1.54) is 7.11 Å². The van der Waals surface area contributed by atoms with Gasteiger partial charge in [-0.25, -0.2) is 0 Å². The molecule has 11 heavy (non-hydrogen) atoms. The Morgan fingerprint density at radius 3 is 3.00 bits per heavy atom. The molecule has 1 atom stereocenters. The van der Waals surface area contributed by atoms with E-state index in [4.69, 9.17) is 15.7 Å². The Morgan fingerprint density at radius 1 is 1.82 bits per heavy atom. The molecule has 0 bridgehead atoms. The van der Waals surface area contributed by atoms with Gasteiger partial charge in [-0.05, 0) is 12.1 Å². The van der Waals surface area contributed by atoms with Crippen molar-refractivity contribution >= 4 is 0 Å². The van der Waals surface area contributed by atoms with Crippen LogP contribution in [0.3, 0.4) is 0 Å². The number of ether oxygens (including phenoxy) is 1. The van der Waals surface area contributed by atoms with E-state index in [2.05, 4.69) is 11.1 Å². The van der Waals surface area contributed by atoms with Crippen molar-refractivity contribution in [2.75, 3.05) is 7.11 Å². The molecule has 1 aromatic heterocycles. The molecule has 0 saturated heterocycles. The highest BCUT2D eigenvalue weighted by atomic mass is 16.5. The number of hydrogen-bond donors (Lipinski definition) is 0. The van der Waals surface area contributed by atoms with Crippen LogP contribution in [-0.2, 0) is 0 Å². The summed E-state index contributed by atoms with van der Waals surface area (Å²) in [6.45, 7) is 1.86. The van der Waals surface area contributed by atoms with Crippen LogP contribution >= 0.6 is 0 Å². The third-order valence-electron chi connectivity index (χ3n) is 1.39. The Hall–Kier alpha value is -1.43. The summed E-state index contributed by atoms with van der Waals surface area (Å²) < 4.78 is 9.71. The lowest BCUT2D eigenvalue weighted by molar-refractivity contribution is 0.325. The topological polar surface area (TPSA) is 35.3 Å². The van der Waals surface area contributed by atoms with Crippen molar-refractivity contribution in [2.24, 2.45) is 0 Å². The second-order valence-corrected chi connectivity index (χ2v) is 2.16. The van der Waals surface area contributed by atoms with Gasteiger partial charge in [-0.1, -0.05) is 5.92 Å². The van der Waals surface area contributed by atoms with Crippen molar-refractivity contribution in [3.63, 3.8) is 0 Å². The zero-order valence-electron chi connectivity index (χ0n) is 6.50. The molecule has 0 radical (unpaired) electrons. The van der Waals surface area contributed by atoms with Gasteiger partial charge in [-0.3, -0.25) is 0 Å². The van der Waals surface area contributed by atoms with Crippen LogP contribution in [0.4, 0.5) is 0 Å². The molecule has 0 fully saturated rings. The summed E-state index contributed by atoms with van der Waals surface area (Å²) in [4.78, 5) is 0. The molecule has 3 nitrogen and oxygen atoms in total. The third kappa shape index (κ3) is 1.53. The largest absolute Gasteiger partial charge is 0.479 e. The molecule has 0 N–H and O–H groups in total. The number of aromatic nitrogens is 1. The van der Waals surface area contributed by atoms with Gasteiger partial charge in [0.05, 0.1) is 13.0 Å². The minimum absolute atomic E-state index is 0.0496. The Bertz CT molecular complexity index is 272. The summed E-state index contributed by atoms with van der Waals surface area (Å²) in [6, 6.07) is 1.69. The van der Waals surface area contributed by atoms with Gasteiger partial charge < -0.3 is 9.26 Å². The van der Waals surface area contributed by atoms with Crippen LogP contribution < -0.4 is 4.74 Å². The molecule has 3 heteroatoms. The standard InChI is InChI=1S/C8H9NO2/c1-4-6(2)7-5-8(10-3)9-11-7/h1,5-6H,2-3H3. The van der Waals surface area contributed by atoms with Crippen molar-refractivity contribution in [3.05, 3.63) is 11.8 Å². The minimum Gasteiger partial charge on any atom is -0.479 e. The van der Waals surface area contributed by atoms with E-state index in [9.17, 15) is 0 Å². The maximum atomic E-state index is 5.18. The van der Waals surface area contributed by atoms with Gasteiger partial charge in [0.1, 0.15) is 0 Å². The maximum absolute atomic E-state index is 5.18. The summed E-state index contributed by atoms with van der Waals surface area (Å²) in [5, 5.41) is 3.61. The smallest absolute Gasteiger partial charge is 0.254 e. The Kier molecular flexibility index (Phi) is 2.17. The van der Waals surface area contributed by atoms with E-state index in [0.717, 1.165) is 0 Å². The quantitative estimate of drug-likeness (QED) is 0.599. The molecule has 0 aromatic carbocycles. The lowest BCUT2D eigenvalue weighted by Gasteiger charge is -1.92. The van der Waals surface area contributed by atoms with Gasteiger partial charge in [0, 0.05) is 6.07 Å². The predicted molar refractivity (Wildman–Crippen MR) is 40.3 cm³/mol. The minimum atomic E-state index is -0.0496. The highest BCUT2D eigenvalue weighted by molar-refractivity contribution is 5.19. The molecule has 0 aliphatic carbocycles. The second kappa shape index (κ2) is 3.11. The molecular weight excluding hydrogens is 142 g/mol. The third-order valence-corrected chi connectivity index (χ3v) is 1.39. The molecule has 0 saturated carbocycles. The van der Waals surface area contributed by atoms with Crippen molar-refractivity contribution in [3.8, 4) is 18.2 Å². The SMILES string of the molecule is C#CC(C)c1cc(OC)no1. The van der Waals surface area contributed by atoms with E-state index in [1.807, 2.05) is 6.92 Å². The number of terminal acetylenes is 1. The molecule has 0 amide bonds. The van der Waals surface area contributed by atoms with Crippen LogP contribution in [0, 0.1) is 12.3 Å². The van der Waals surface area contributed by atoms with E-state index < -0.39 is 0 Å². The Labute approximate surface area is 65.3 Å². The van der Waals surface area contributed by atoms with Gasteiger partial charge in [0.15, 0.2) is 5.76 Å². The first kappa shape index (κ1) is 7.67. The normalized spacial score (nSPS) is 12.1. The molecular formula is C8H9NO2. The Morgan fingerprint density at radius 2 is 2.55 bits per heavy atom. The monoisotopic (exact) mass is 151 g/mol. The fourth-order valence-electron chi connectivity index (χ4n) is 0.654. The second-order valence-electron chi connectivity index (χ2n) is 2.16. The summed E-state index contributed by atoms with van der Waals surface area (Å²) in [6.07, 6.45) is 5.18. The summed E-state index contributed by atoms with van der Waals surface area (Å²) in [5.41, 5.74) is 0. The maximum Gasteiger partial charge on any atom is 0.254 e. The summed E-state index contributed by atoms with van der Waals surface area (Å²) in [7, 11) is 1.53. The van der Waals surface area contributed by atoms with Crippen molar-refractivity contribution in [1.29, 1.82) is 0 Å². The number of hydrogen-bond acceptors (Lipinski definition) is 3. The number of nitrogens with zero attached hydrogens (tertiary/aromatic N) is 1. The van der Waals surface area contributed by atoms with E-state index in [1.54, 1.807) is 6.07 Å². The first-order valence-electron chi connectivity index (χ1n) is 3.24. The first-order valence-corrected chi connectivity index (χ1v) is 3.24. The molecule has 1 aromatic rings. The molecule has 0 aliphatic rings. The van der Waals surface area contributed by atoms with Crippen LogP contribution in [0.15, 0.2) is 10.6 Å². The van der Waals surface area contributed by atoms with Crippen molar-refractivity contribution < 1.29 is 9.26 Å². The van der Waals surface area contributed by atoms with Crippen molar-refractivity contribution in [2.45, 2.75) is 12.8 Å². The van der Waals surface area contributed by atoms with Gasteiger partial charge in [-0.15, -0.1) is 6.42 Å². The van der Waals surface area contributed by atoms with Crippen LogP contribution in [0.5, 0.6) is 5.88 Å². The lowest BCUT2D eigenvalue weighted by Crippen LogP contribution is -1.84. The Balaban J connectivity index is 2.82. The molecule has 0 aliphatic heterocycles. The van der Waals surface area contributed by atoms with E-state index >= 15 is 0 Å². The van der Waals surface area contributed by atoms with E-state index in [0.29, 0.717) is 11.6 Å². The fraction of sp³-hybridized carbons (Fsp3) is 0.375. The van der Waals surface area contributed by atoms with E-state index in [-0.39, 0.29) is 5.92 Å².